The predicted octanol–water partition coefficient (Wildman–Crippen LogP) is 18.8. The van der Waals surface area contributed by atoms with E-state index in [4.69, 9.17) is 44.2 Å². The molecule has 0 radical (unpaired) electrons. The van der Waals surface area contributed by atoms with E-state index in [-0.39, 0.29) is 52.1 Å². The van der Waals surface area contributed by atoms with Gasteiger partial charge in [-0.15, -0.1) is 0 Å². The van der Waals surface area contributed by atoms with E-state index < -0.39 is 11.2 Å². The Kier molecular flexibility index (Phi) is 31.3. The minimum atomic E-state index is -0.869. The van der Waals surface area contributed by atoms with Gasteiger partial charge in [0.25, 0.3) is 0 Å². The number of nitrogens with zero attached hydrogens (tertiary/aromatic N) is 8. The highest BCUT2D eigenvalue weighted by molar-refractivity contribution is 5.70. The Balaban J connectivity index is 0.000000413. The Hall–Kier alpha value is -9.41. The lowest BCUT2D eigenvalue weighted by Crippen LogP contribution is -2.25. The second-order valence-corrected chi connectivity index (χ2v) is 26.0. The summed E-state index contributed by atoms with van der Waals surface area (Å²) in [6.45, 7) is 31.0. The minimum absolute atomic E-state index is 0. The number of benzene rings is 2. The zero-order valence-electron chi connectivity index (χ0n) is 58.4. The summed E-state index contributed by atoms with van der Waals surface area (Å²) >= 11 is 0. The number of rotatable bonds is 25. The second-order valence-electron chi connectivity index (χ2n) is 26.0. The van der Waals surface area contributed by atoms with Gasteiger partial charge in [0, 0.05) is 66.4 Å². The largest absolute Gasteiger partial charge is 0.496 e. The highest BCUT2D eigenvalue weighted by atomic mass is 16.5. The molecule has 0 bridgehead atoms. The van der Waals surface area contributed by atoms with Gasteiger partial charge in [-0.3, -0.25) is 4.79 Å². The third-order valence-corrected chi connectivity index (χ3v) is 16.8. The van der Waals surface area contributed by atoms with E-state index in [0.29, 0.717) is 5.57 Å². The first-order valence-electron chi connectivity index (χ1n) is 32.4. The molecule has 15 heteroatoms. The monoisotopic (exact) mass is 1270 g/mol. The van der Waals surface area contributed by atoms with Crippen LogP contribution in [0.4, 0.5) is 11.4 Å². The van der Waals surface area contributed by atoms with E-state index in [2.05, 4.69) is 132 Å². The van der Waals surface area contributed by atoms with Crippen molar-refractivity contribution in [1.82, 2.24) is 0 Å². The number of carbonyl (C=O) groups is 1. The number of ether oxygens (including phenoxy) is 6. The van der Waals surface area contributed by atoms with Crippen LogP contribution in [0.3, 0.4) is 0 Å². The lowest BCUT2D eigenvalue weighted by atomic mass is 9.74. The fourth-order valence-electron chi connectivity index (χ4n) is 11.7. The Morgan fingerprint density at radius 3 is 1.26 bits per heavy atom. The minimum Gasteiger partial charge on any atom is -0.496 e. The van der Waals surface area contributed by atoms with Crippen molar-refractivity contribution in [3.05, 3.63) is 163 Å². The van der Waals surface area contributed by atoms with Gasteiger partial charge >= 0.3 is 0 Å². The average Bonchev–Trinajstić information content (AvgIpc) is 1.73. The zero-order chi connectivity index (χ0) is 69.1. The second kappa shape index (κ2) is 37.3. The SMILES string of the molecule is C.CC1=C(C#N)C(=C(C#N)C#N)OC1(C)C.CCCCN(CCCC)c1ccc(/C=C/C2=C(OC)C(=C/C=C/C3=C(C#N)C(=C(C#N)C#N)OC3(C)C)/CC(C)(C)C2)c(OC)c1.CCCCN(CCCC)c1ccc(/C=C/C2=C(OC)C(=C/C=O)/CC(C)(C)C2)c(OC)c1. The molecule has 0 N–H and O–H groups in total. The molecular formula is C79H102N8O7. The number of unbranched alkanes of at least 4 members (excludes halogenated alkanes) is 4. The van der Waals surface area contributed by atoms with Crippen molar-refractivity contribution in [2.45, 2.75) is 186 Å². The molecule has 0 spiro atoms. The van der Waals surface area contributed by atoms with Crippen LogP contribution in [0.5, 0.6) is 11.5 Å². The first-order chi connectivity index (χ1) is 44.3. The van der Waals surface area contributed by atoms with Gasteiger partial charge < -0.3 is 38.2 Å². The first kappa shape index (κ1) is 78.8. The lowest BCUT2D eigenvalue weighted by molar-refractivity contribution is -0.104. The Morgan fingerprint density at radius 2 is 0.904 bits per heavy atom. The maximum absolute atomic E-state index is 11.1. The summed E-state index contributed by atoms with van der Waals surface area (Å²) < 4.78 is 34.6. The maximum Gasteiger partial charge on any atom is 0.172 e. The van der Waals surface area contributed by atoms with Crippen LogP contribution < -0.4 is 19.3 Å². The molecule has 15 nitrogen and oxygen atoms in total. The van der Waals surface area contributed by atoms with Crippen LogP contribution in [0.1, 0.15) is 186 Å². The van der Waals surface area contributed by atoms with Crippen molar-refractivity contribution < 1.29 is 33.2 Å². The van der Waals surface area contributed by atoms with Gasteiger partial charge in [-0.05, 0) is 155 Å². The standard InChI is InChI=1S/C39H48N4O3.C28H41NO3.C11H9N3O.CH4/c1-9-11-20-43(21-12-10-2)32-19-18-28(35(22-32)44-7)16-17-30-24-38(3,4)23-29(36(30)45-8)14-13-15-34-33(27-42)37(31(25-40)26-41)46-39(34,5)6;1-7-9-16-29(17-10-8-2)25-14-13-22(26(19-25)31-5)11-12-23-20-28(3,4)21-24(15-18-30)27(23)32-6;1-7-9(6-14)10(8(4-12)5-13)15-11(7,2)3;/h13-19,22H,9-12,20-21,23-24H2,1-8H3;11-15,18-19H,7-10,16-17,20-21H2,1-6H3;1-3H3;1H4/b15-13+,17-16+,29-14+;12-11+,24-15+;;. The number of hydrogen-bond acceptors (Lipinski definition) is 15. The third-order valence-electron chi connectivity index (χ3n) is 16.8. The van der Waals surface area contributed by atoms with Gasteiger partial charge in [0.05, 0.1) is 34.0 Å². The number of carbonyl (C=O) groups excluding carboxylic acids is 1. The van der Waals surface area contributed by atoms with Gasteiger partial charge in [0.1, 0.15) is 82.5 Å². The van der Waals surface area contributed by atoms with Crippen LogP contribution in [0.2, 0.25) is 0 Å². The van der Waals surface area contributed by atoms with Gasteiger partial charge in [0.15, 0.2) is 22.7 Å². The summed E-state index contributed by atoms with van der Waals surface area (Å²) in [5.74, 6) is 3.49. The van der Waals surface area contributed by atoms with Crippen molar-refractivity contribution in [2.24, 2.45) is 10.8 Å². The lowest BCUT2D eigenvalue weighted by Gasteiger charge is -2.33. The van der Waals surface area contributed by atoms with E-state index >= 15 is 0 Å². The highest BCUT2D eigenvalue weighted by Crippen LogP contribution is 2.46. The molecule has 0 amide bonds. The van der Waals surface area contributed by atoms with Crippen LogP contribution in [-0.4, -0.2) is 72.1 Å². The van der Waals surface area contributed by atoms with Gasteiger partial charge in [-0.2, -0.15) is 31.6 Å². The summed E-state index contributed by atoms with van der Waals surface area (Å²) in [5.41, 5.74) is 8.70. The van der Waals surface area contributed by atoms with E-state index in [1.807, 2.05) is 50.3 Å². The molecule has 2 aliphatic heterocycles. The number of hydrogen-bond donors (Lipinski definition) is 0. The molecule has 500 valence electrons. The Bertz CT molecular complexity index is 3590. The topological polar surface area (TPSA) is 222 Å². The summed E-state index contributed by atoms with van der Waals surface area (Å²) in [7, 11) is 6.83. The molecule has 0 unspecified atom stereocenters. The fourth-order valence-corrected chi connectivity index (χ4v) is 11.7. The highest BCUT2D eigenvalue weighted by Gasteiger charge is 2.40. The molecule has 4 aliphatic rings. The molecular weight excluding hydrogens is 1170 g/mol. The van der Waals surface area contributed by atoms with Gasteiger partial charge in [-0.1, -0.05) is 131 Å². The average molecular weight is 1280 g/mol. The van der Waals surface area contributed by atoms with E-state index in [1.54, 1.807) is 67.4 Å². The summed E-state index contributed by atoms with van der Waals surface area (Å²) in [6.07, 6.45) is 29.4. The van der Waals surface area contributed by atoms with Crippen molar-refractivity contribution in [3.8, 4) is 47.9 Å². The molecule has 94 heavy (non-hydrogen) atoms. The van der Waals surface area contributed by atoms with Gasteiger partial charge in [0.2, 0.25) is 0 Å². The molecule has 2 heterocycles. The number of allylic oxidation sites excluding steroid dienone is 13. The molecule has 0 atom stereocenters. The van der Waals surface area contributed by atoms with E-state index in [0.717, 1.165) is 146 Å². The smallest absolute Gasteiger partial charge is 0.172 e. The first-order valence-corrected chi connectivity index (χ1v) is 32.4. The predicted molar refractivity (Wildman–Crippen MR) is 378 cm³/mol. The van der Waals surface area contributed by atoms with Crippen LogP contribution in [0.25, 0.3) is 12.2 Å². The molecule has 6 rings (SSSR count). The summed E-state index contributed by atoms with van der Waals surface area (Å²) in [6, 6.07) is 24.2. The number of nitriles is 6. The molecule has 0 fully saturated rings. The Morgan fingerprint density at radius 1 is 0.521 bits per heavy atom. The maximum atomic E-state index is 11.1. The van der Waals surface area contributed by atoms with Crippen LogP contribution >= 0.6 is 0 Å². The van der Waals surface area contributed by atoms with Crippen LogP contribution in [-0.2, 0) is 23.7 Å². The number of anilines is 2. The fraction of sp³-hybridized carbons (Fsp3) is 0.481. The molecule has 2 aliphatic carbocycles. The number of methoxy groups -OCH3 is 4. The van der Waals surface area contributed by atoms with Crippen molar-refractivity contribution >= 4 is 29.8 Å². The normalized spacial score (nSPS) is 17.4. The quantitative estimate of drug-likeness (QED) is 0.0512. The third kappa shape index (κ3) is 21.1. The summed E-state index contributed by atoms with van der Waals surface area (Å²) in [4.78, 5) is 16.1. The van der Waals surface area contributed by atoms with Crippen molar-refractivity contribution in [3.63, 3.8) is 0 Å². The van der Waals surface area contributed by atoms with Gasteiger partial charge in [-0.25, -0.2) is 0 Å². The van der Waals surface area contributed by atoms with E-state index in [1.165, 1.54) is 37.1 Å². The van der Waals surface area contributed by atoms with Crippen LogP contribution in [0, 0.1) is 78.8 Å². The molecule has 2 aromatic rings. The van der Waals surface area contributed by atoms with Crippen molar-refractivity contribution in [2.75, 3.05) is 64.4 Å². The number of aldehydes is 1. The van der Waals surface area contributed by atoms with E-state index in [9.17, 15) is 20.6 Å². The van der Waals surface area contributed by atoms with Crippen molar-refractivity contribution in [1.29, 1.82) is 31.6 Å². The van der Waals surface area contributed by atoms with Crippen LogP contribution in [0.15, 0.2) is 152 Å². The molecule has 0 aromatic heterocycles. The zero-order valence-corrected chi connectivity index (χ0v) is 58.4. The summed E-state index contributed by atoms with van der Waals surface area (Å²) in [5, 5.41) is 55.0. The molecule has 0 saturated heterocycles. The Labute approximate surface area is 563 Å². The molecule has 0 saturated carbocycles. The molecule has 2 aromatic carbocycles.